The molecule has 0 saturated heterocycles. The van der Waals surface area contributed by atoms with Crippen LogP contribution in [0.5, 0.6) is 0 Å². The third kappa shape index (κ3) is 5.73. The van der Waals surface area contributed by atoms with Crippen LogP contribution in [-0.2, 0) is 4.79 Å². The molecule has 2 amide bonds. The molecule has 1 unspecified atom stereocenters. The van der Waals surface area contributed by atoms with E-state index in [-0.39, 0.29) is 21.7 Å². The molecule has 1 rings (SSSR count). The van der Waals surface area contributed by atoms with Gasteiger partial charge in [-0.2, -0.15) is 0 Å². The summed E-state index contributed by atoms with van der Waals surface area (Å²) in [6, 6.07) is 1.50. The maximum atomic E-state index is 11.9. The van der Waals surface area contributed by atoms with Crippen LogP contribution in [0.2, 0.25) is 10.0 Å². The van der Waals surface area contributed by atoms with E-state index in [1.54, 1.807) is 12.1 Å². The Kier molecular flexibility index (Phi) is 6.77. The van der Waals surface area contributed by atoms with Crippen molar-refractivity contribution in [1.29, 1.82) is 0 Å². The Labute approximate surface area is 141 Å². The highest BCUT2D eigenvalue weighted by atomic mass is 79.9. The number of anilines is 1. The van der Waals surface area contributed by atoms with Gasteiger partial charge in [0.15, 0.2) is 0 Å². The summed E-state index contributed by atoms with van der Waals surface area (Å²) in [6.45, 7) is 3.75. The summed E-state index contributed by atoms with van der Waals surface area (Å²) in [4.78, 5) is 23.0. The van der Waals surface area contributed by atoms with E-state index >= 15 is 0 Å². The molecule has 0 radical (unpaired) electrons. The number of amides is 2. The first-order chi connectivity index (χ1) is 9.70. The van der Waals surface area contributed by atoms with Crippen LogP contribution in [0.15, 0.2) is 16.6 Å². The molecular formula is C13H15BrCl2N2O3. The number of urea groups is 1. The van der Waals surface area contributed by atoms with Crippen molar-refractivity contribution in [3.8, 4) is 0 Å². The predicted molar refractivity (Wildman–Crippen MR) is 87.2 cm³/mol. The second kappa shape index (κ2) is 7.87. The highest BCUT2D eigenvalue weighted by molar-refractivity contribution is 9.10. The molecule has 116 valence electrons. The Hall–Kier alpha value is -0.980. The van der Waals surface area contributed by atoms with Gasteiger partial charge < -0.3 is 15.7 Å². The maximum Gasteiger partial charge on any atom is 0.326 e. The molecule has 0 aliphatic carbocycles. The second-order valence-electron chi connectivity index (χ2n) is 4.86. The van der Waals surface area contributed by atoms with Gasteiger partial charge in [-0.1, -0.05) is 53.0 Å². The molecule has 0 saturated carbocycles. The van der Waals surface area contributed by atoms with E-state index in [1.807, 2.05) is 13.8 Å². The Bertz CT molecular complexity index is 529. The van der Waals surface area contributed by atoms with E-state index in [0.717, 1.165) is 0 Å². The summed E-state index contributed by atoms with van der Waals surface area (Å²) in [6.07, 6.45) is 0.324. The number of hydrogen-bond donors (Lipinski definition) is 3. The zero-order valence-electron chi connectivity index (χ0n) is 11.4. The largest absolute Gasteiger partial charge is 0.480 e. The van der Waals surface area contributed by atoms with E-state index in [9.17, 15) is 9.59 Å². The van der Waals surface area contributed by atoms with Gasteiger partial charge in [0.1, 0.15) is 6.04 Å². The number of carbonyl (C=O) groups is 2. The van der Waals surface area contributed by atoms with Crippen LogP contribution in [0.1, 0.15) is 20.3 Å². The van der Waals surface area contributed by atoms with Gasteiger partial charge in [-0.05, 0) is 24.5 Å². The highest BCUT2D eigenvalue weighted by Gasteiger charge is 2.22. The lowest BCUT2D eigenvalue weighted by Gasteiger charge is -2.17. The Morgan fingerprint density at radius 3 is 2.24 bits per heavy atom. The molecule has 0 aliphatic heterocycles. The Morgan fingerprint density at radius 2 is 1.81 bits per heavy atom. The fraction of sp³-hybridized carbons (Fsp3) is 0.385. The summed E-state index contributed by atoms with van der Waals surface area (Å²) in [5, 5.41) is 14.4. The number of hydrogen-bond acceptors (Lipinski definition) is 2. The van der Waals surface area contributed by atoms with Crippen molar-refractivity contribution in [1.82, 2.24) is 5.32 Å². The first kappa shape index (κ1) is 18.1. The van der Waals surface area contributed by atoms with E-state index in [4.69, 9.17) is 28.3 Å². The summed E-state index contributed by atoms with van der Waals surface area (Å²) in [5.74, 6) is -0.960. The minimum atomic E-state index is -1.09. The van der Waals surface area contributed by atoms with Gasteiger partial charge in [0.2, 0.25) is 0 Å². The van der Waals surface area contributed by atoms with Crippen LogP contribution in [0.3, 0.4) is 0 Å². The normalized spacial score (nSPS) is 12.1. The molecule has 1 aromatic rings. The zero-order valence-corrected chi connectivity index (χ0v) is 14.5. The van der Waals surface area contributed by atoms with Crippen molar-refractivity contribution in [2.75, 3.05) is 5.32 Å². The minimum absolute atomic E-state index is 0.131. The molecule has 1 atom stereocenters. The van der Waals surface area contributed by atoms with Gasteiger partial charge in [0.05, 0.1) is 15.7 Å². The van der Waals surface area contributed by atoms with Crippen molar-refractivity contribution in [2.45, 2.75) is 26.3 Å². The van der Waals surface area contributed by atoms with Crippen molar-refractivity contribution >= 4 is 56.8 Å². The van der Waals surface area contributed by atoms with E-state index in [0.29, 0.717) is 10.9 Å². The van der Waals surface area contributed by atoms with Gasteiger partial charge in [0, 0.05) is 4.47 Å². The van der Waals surface area contributed by atoms with Gasteiger partial charge in [0.25, 0.3) is 0 Å². The molecule has 0 aliphatic rings. The predicted octanol–water partition coefficient (Wildman–Crippen LogP) is 4.38. The van der Waals surface area contributed by atoms with Crippen LogP contribution in [0.4, 0.5) is 10.5 Å². The van der Waals surface area contributed by atoms with Crippen LogP contribution >= 0.6 is 39.1 Å². The number of benzene rings is 1. The van der Waals surface area contributed by atoms with Crippen LogP contribution in [0.25, 0.3) is 0 Å². The smallest absolute Gasteiger partial charge is 0.326 e. The van der Waals surface area contributed by atoms with Gasteiger partial charge in [-0.25, -0.2) is 9.59 Å². The summed E-state index contributed by atoms with van der Waals surface area (Å²) >= 11 is 15.2. The number of carbonyl (C=O) groups excluding carboxylic acids is 1. The van der Waals surface area contributed by atoms with Gasteiger partial charge >= 0.3 is 12.0 Å². The van der Waals surface area contributed by atoms with Crippen molar-refractivity contribution in [3.63, 3.8) is 0 Å². The Morgan fingerprint density at radius 1 is 1.29 bits per heavy atom. The second-order valence-corrected chi connectivity index (χ2v) is 6.59. The monoisotopic (exact) mass is 396 g/mol. The number of carboxylic acid groups (broad SMARTS) is 1. The van der Waals surface area contributed by atoms with Crippen LogP contribution < -0.4 is 10.6 Å². The number of nitrogens with one attached hydrogen (secondary N) is 2. The van der Waals surface area contributed by atoms with Crippen molar-refractivity contribution < 1.29 is 14.7 Å². The number of halogens is 3. The quantitative estimate of drug-likeness (QED) is 0.689. The summed E-state index contributed by atoms with van der Waals surface area (Å²) < 4.78 is 0.673. The molecule has 0 heterocycles. The lowest BCUT2D eigenvalue weighted by atomic mass is 10.0. The Balaban J connectivity index is 2.79. The molecule has 0 bridgehead atoms. The highest BCUT2D eigenvalue weighted by Crippen LogP contribution is 2.33. The third-order valence-corrected chi connectivity index (χ3v) is 3.61. The maximum absolute atomic E-state index is 11.9. The van der Waals surface area contributed by atoms with Crippen molar-refractivity contribution in [3.05, 3.63) is 26.7 Å². The first-order valence-corrected chi connectivity index (χ1v) is 7.70. The zero-order chi connectivity index (χ0) is 16.2. The van der Waals surface area contributed by atoms with Gasteiger partial charge in [-0.15, -0.1) is 0 Å². The van der Waals surface area contributed by atoms with E-state index in [1.165, 1.54) is 0 Å². The van der Waals surface area contributed by atoms with E-state index < -0.39 is 18.0 Å². The molecule has 0 aromatic heterocycles. The lowest BCUT2D eigenvalue weighted by molar-refractivity contribution is -0.139. The molecule has 0 fully saturated rings. The molecule has 8 heteroatoms. The minimum Gasteiger partial charge on any atom is -0.480 e. The number of carboxylic acids is 1. The third-order valence-electron chi connectivity index (χ3n) is 2.56. The molecule has 0 spiro atoms. The molecule has 1 aromatic carbocycles. The summed E-state index contributed by atoms with van der Waals surface area (Å²) in [5.41, 5.74) is 0.229. The first-order valence-electron chi connectivity index (χ1n) is 6.15. The van der Waals surface area contributed by atoms with E-state index in [2.05, 4.69) is 26.6 Å². The lowest BCUT2D eigenvalue weighted by Crippen LogP contribution is -2.43. The SMILES string of the molecule is CC(C)CC(NC(=O)Nc1c(Cl)cc(Br)cc1Cl)C(=O)O. The fourth-order valence-corrected chi connectivity index (χ4v) is 2.97. The number of rotatable bonds is 5. The molecule has 5 nitrogen and oxygen atoms in total. The van der Waals surface area contributed by atoms with Crippen LogP contribution in [0, 0.1) is 5.92 Å². The average molecular weight is 398 g/mol. The average Bonchev–Trinajstić information content (AvgIpc) is 2.32. The topological polar surface area (TPSA) is 78.4 Å². The van der Waals surface area contributed by atoms with Gasteiger partial charge in [-0.3, -0.25) is 0 Å². The standard InChI is InChI=1S/C13H15BrCl2N2O3/c1-6(2)3-10(12(19)20)17-13(21)18-11-8(15)4-7(14)5-9(11)16/h4-6,10H,3H2,1-2H3,(H,19,20)(H2,17,18,21). The van der Waals surface area contributed by atoms with Crippen LogP contribution in [-0.4, -0.2) is 23.1 Å². The van der Waals surface area contributed by atoms with Crippen molar-refractivity contribution in [2.24, 2.45) is 5.92 Å². The molecular weight excluding hydrogens is 383 g/mol. The molecule has 3 N–H and O–H groups in total. The summed E-state index contributed by atoms with van der Waals surface area (Å²) in [7, 11) is 0. The number of aliphatic carboxylic acids is 1. The fourth-order valence-electron chi connectivity index (χ4n) is 1.66. The molecule has 21 heavy (non-hydrogen) atoms.